The van der Waals surface area contributed by atoms with Crippen LogP contribution in [-0.2, 0) is 5.41 Å². The molecule has 1 fully saturated rings. The van der Waals surface area contributed by atoms with Crippen LogP contribution in [0.1, 0.15) is 31.2 Å². The van der Waals surface area contributed by atoms with Gasteiger partial charge in [0.15, 0.2) is 0 Å². The molecule has 0 atom stereocenters. The first kappa shape index (κ1) is 11.3. The Hall–Kier alpha value is -1.22. The van der Waals surface area contributed by atoms with Crippen molar-refractivity contribution in [3.05, 3.63) is 23.8 Å². The fourth-order valence-corrected chi connectivity index (χ4v) is 2.83. The first-order valence-corrected chi connectivity index (χ1v) is 5.80. The van der Waals surface area contributed by atoms with E-state index in [9.17, 15) is 5.11 Å². The minimum absolute atomic E-state index is 0.0866. The average Bonchev–Trinajstić information content (AvgIpc) is 2.78. The summed E-state index contributed by atoms with van der Waals surface area (Å²) in [6, 6.07) is 5.41. The lowest BCUT2D eigenvalue weighted by Crippen LogP contribution is -2.32. The first-order valence-electron chi connectivity index (χ1n) is 5.80. The molecular weight excluding hydrogens is 202 g/mol. The number of ether oxygens (including phenoxy) is 1. The number of hydrogen-bond acceptors (Lipinski definition) is 3. The molecule has 1 aliphatic rings. The van der Waals surface area contributed by atoms with E-state index in [-0.39, 0.29) is 5.41 Å². The van der Waals surface area contributed by atoms with Crippen LogP contribution in [0.2, 0.25) is 0 Å². The molecule has 88 valence electrons. The van der Waals surface area contributed by atoms with Gasteiger partial charge in [-0.05, 0) is 25.0 Å². The summed E-state index contributed by atoms with van der Waals surface area (Å²) in [7, 11) is 1.64. The van der Waals surface area contributed by atoms with E-state index in [0.29, 0.717) is 12.3 Å². The quantitative estimate of drug-likeness (QED) is 0.822. The maximum atomic E-state index is 10.0. The minimum Gasteiger partial charge on any atom is -0.508 e. The Morgan fingerprint density at radius 1 is 1.38 bits per heavy atom. The summed E-state index contributed by atoms with van der Waals surface area (Å²) in [5.41, 5.74) is 6.74. The summed E-state index contributed by atoms with van der Waals surface area (Å²) < 4.78 is 5.35. The SMILES string of the molecule is COc1cccc(O)c1C1(CN)CCCC1. The summed E-state index contributed by atoms with van der Waals surface area (Å²) >= 11 is 0. The van der Waals surface area contributed by atoms with Crippen LogP contribution in [-0.4, -0.2) is 18.8 Å². The van der Waals surface area contributed by atoms with Gasteiger partial charge in [-0.3, -0.25) is 0 Å². The third-order valence-electron chi connectivity index (χ3n) is 3.71. The van der Waals surface area contributed by atoms with Crippen molar-refractivity contribution in [2.24, 2.45) is 5.73 Å². The molecule has 0 radical (unpaired) electrons. The van der Waals surface area contributed by atoms with Crippen LogP contribution in [0.3, 0.4) is 0 Å². The molecule has 3 heteroatoms. The molecule has 3 nitrogen and oxygen atoms in total. The van der Waals surface area contributed by atoms with Gasteiger partial charge in [-0.25, -0.2) is 0 Å². The molecule has 0 unspecified atom stereocenters. The zero-order valence-electron chi connectivity index (χ0n) is 9.70. The molecule has 0 heterocycles. The van der Waals surface area contributed by atoms with Gasteiger partial charge in [0.05, 0.1) is 7.11 Å². The van der Waals surface area contributed by atoms with E-state index in [1.54, 1.807) is 19.2 Å². The summed E-state index contributed by atoms with van der Waals surface area (Å²) in [5.74, 6) is 1.07. The van der Waals surface area contributed by atoms with Gasteiger partial charge < -0.3 is 15.6 Å². The van der Waals surface area contributed by atoms with Crippen molar-refractivity contribution < 1.29 is 9.84 Å². The predicted molar refractivity (Wildman–Crippen MR) is 63.9 cm³/mol. The molecule has 0 saturated heterocycles. The number of methoxy groups -OCH3 is 1. The molecule has 0 amide bonds. The molecule has 1 aliphatic carbocycles. The van der Waals surface area contributed by atoms with Crippen molar-refractivity contribution in [3.8, 4) is 11.5 Å². The van der Waals surface area contributed by atoms with Gasteiger partial charge >= 0.3 is 0 Å². The van der Waals surface area contributed by atoms with Gasteiger partial charge in [-0.1, -0.05) is 18.9 Å². The van der Waals surface area contributed by atoms with Crippen molar-refractivity contribution >= 4 is 0 Å². The van der Waals surface area contributed by atoms with Crippen LogP contribution in [0.5, 0.6) is 11.5 Å². The lowest BCUT2D eigenvalue weighted by molar-refractivity contribution is 0.358. The van der Waals surface area contributed by atoms with Crippen molar-refractivity contribution in [1.29, 1.82) is 0 Å². The van der Waals surface area contributed by atoms with Crippen molar-refractivity contribution in [2.75, 3.05) is 13.7 Å². The lowest BCUT2D eigenvalue weighted by atomic mass is 9.78. The smallest absolute Gasteiger partial charge is 0.126 e. The van der Waals surface area contributed by atoms with Crippen LogP contribution in [0.25, 0.3) is 0 Å². The summed E-state index contributed by atoms with van der Waals surface area (Å²) in [6.07, 6.45) is 4.43. The Kier molecular flexibility index (Phi) is 3.06. The number of rotatable bonds is 3. The minimum atomic E-state index is -0.0866. The van der Waals surface area contributed by atoms with E-state index >= 15 is 0 Å². The van der Waals surface area contributed by atoms with Gasteiger partial charge in [-0.15, -0.1) is 0 Å². The Bertz CT molecular complexity index is 370. The highest BCUT2D eigenvalue weighted by Gasteiger charge is 2.38. The van der Waals surface area contributed by atoms with Crippen LogP contribution in [0.4, 0.5) is 0 Å². The van der Waals surface area contributed by atoms with E-state index in [1.165, 1.54) is 12.8 Å². The molecule has 16 heavy (non-hydrogen) atoms. The van der Waals surface area contributed by atoms with Crippen LogP contribution >= 0.6 is 0 Å². The highest BCUT2D eigenvalue weighted by Crippen LogP contribution is 2.47. The largest absolute Gasteiger partial charge is 0.508 e. The maximum Gasteiger partial charge on any atom is 0.126 e. The van der Waals surface area contributed by atoms with E-state index < -0.39 is 0 Å². The zero-order valence-corrected chi connectivity index (χ0v) is 9.70. The molecule has 1 aromatic carbocycles. The number of aromatic hydroxyl groups is 1. The Labute approximate surface area is 96.2 Å². The number of hydrogen-bond donors (Lipinski definition) is 2. The van der Waals surface area contributed by atoms with E-state index in [2.05, 4.69) is 0 Å². The molecule has 0 aromatic heterocycles. The average molecular weight is 221 g/mol. The Morgan fingerprint density at radius 3 is 2.62 bits per heavy atom. The summed E-state index contributed by atoms with van der Waals surface area (Å²) in [6.45, 7) is 0.570. The second kappa shape index (κ2) is 4.34. The van der Waals surface area contributed by atoms with Crippen LogP contribution in [0.15, 0.2) is 18.2 Å². The fraction of sp³-hybridized carbons (Fsp3) is 0.538. The monoisotopic (exact) mass is 221 g/mol. The first-order chi connectivity index (χ1) is 7.73. The molecule has 1 saturated carbocycles. The third kappa shape index (κ3) is 1.65. The van der Waals surface area contributed by atoms with Crippen LogP contribution in [0, 0.1) is 0 Å². The van der Waals surface area contributed by atoms with E-state index in [1.807, 2.05) is 6.07 Å². The van der Waals surface area contributed by atoms with E-state index in [0.717, 1.165) is 24.2 Å². The predicted octanol–water partition coefficient (Wildman–Crippen LogP) is 2.17. The number of benzene rings is 1. The van der Waals surface area contributed by atoms with E-state index in [4.69, 9.17) is 10.5 Å². The Balaban J connectivity index is 2.52. The standard InChI is InChI=1S/C13H19NO2/c1-16-11-6-4-5-10(15)12(11)13(9-14)7-2-3-8-13/h4-6,15H,2-3,7-9,14H2,1H3. The topological polar surface area (TPSA) is 55.5 Å². The zero-order chi connectivity index (χ0) is 11.6. The lowest BCUT2D eigenvalue weighted by Gasteiger charge is -2.30. The van der Waals surface area contributed by atoms with Gasteiger partial charge in [0.2, 0.25) is 0 Å². The molecule has 0 aliphatic heterocycles. The second-order valence-electron chi connectivity index (χ2n) is 4.55. The molecule has 0 bridgehead atoms. The van der Waals surface area contributed by atoms with Crippen molar-refractivity contribution in [2.45, 2.75) is 31.1 Å². The van der Waals surface area contributed by atoms with Crippen LogP contribution < -0.4 is 10.5 Å². The number of phenols is 1. The van der Waals surface area contributed by atoms with Gasteiger partial charge in [0.1, 0.15) is 11.5 Å². The third-order valence-corrected chi connectivity index (χ3v) is 3.71. The Morgan fingerprint density at radius 2 is 2.06 bits per heavy atom. The number of phenolic OH excluding ortho intramolecular Hbond substituents is 1. The molecule has 3 N–H and O–H groups in total. The normalized spacial score (nSPS) is 18.6. The number of nitrogens with two attached hydrogens (primary N) is 1. The van der Waals surface area contributed by atoms with Gasteiger partial charge in [0.25, 0.3) is 0 Å². The summed E-state index contributed by atoms with van der Waals surface area (Å²) in [4.78, 5) is 0. The molecule has 1 aromatic rings. The second-order valence-corrected chi connectivity index (χ2v) is 4.55. The molecule has 0 spiro atoms. The fourth-order valence-electron chi connectivity index (χ4n) is 2.83. The summed E-state index contributed by atoms with van der Waals surface area (Å²) in [5, 5.41) is 10.0. The highest BCUT2D eigenvalue weighted by molar-refractivity contribution is 5.49. The van der Waals surface area contributed by atoms with Gasteiger partial charge in [0, 0.05) is 17.5 Å². The van der Waals surface area contributed by atoms with Gasteiger partial charge in [-0.2, -0.15) is 0 Å². The molecular formula is C13H19NO2. The van der Waals surface area contributed by atoms with Crippen molar-refractivity contribution in [1.82, 2.24) is 0 Å². The molecule has 2 rings (SSSR count). The van der Waals surface area contributed by atoms with Crippen molar-refractivity contribution in [3.63, 3.8) is 0 Å². The maximum absolute atomic E-state index is 10.0. The highest BCUT2D eigenvalue weighted by atomic mass is 16.5.